The van der Waals surface area contributed by atoms with Crippen LogP contribution in [0.1, 0.15) is 43.5 Å². The van der Waals surface area contributed by atoms with Gasteiger partial charge in [0.25, 0.3) is 0 Å². The lowest BCUT2D eigenvalue weighted by Crippen LogP contribution is -2.39. The average Bonchev–Trinajstić information content (AvgIpc) is 2.53. The van der Waals surface area contributed by atoms with Gasteiger partial charge in [-0.3, -0.25) is 0 Å². The molecule has 0 radical (unpaired) electrons. The molecule has 124 valence electrons. The Balaban J connectivity index is 2.07. The molecule has 0 N–H and O–H groups in total. The lowest BCUT2D eigenvalue weighted by atomic mass is 10.1. The van der Waals surface area contributed by atoms with Gasteiger partial charge in [-0.1, -0.05) is 6.08 Å². The molecule has 2 heterocycles. The molecule has 0 unspecified atom stereocenters. The molecule has 1 amide bonds. The quantitative estimate of drug-likeness (QED) is 0.778. The Morgan fingerprint density at radius 1 is 1.30 bits per heavy atom. The zero-order valence-electron chi connectivity index (χ0n) is 13.8. The molecule has 0 bridgehead atoms. The van der Waals surface area contributed by atoms with Gasteiger partial charge in [0.2, 0.25) is 0 Å². The summed E-state index contributed by atoms with van der Waals surface area (Å²) in [6.07, 6.45) is 3.67. The predicted molar refractivity (Wildman–Crippen MR) is 83.8 cm³/mol. The molecule has 1 aliphatic rings. The first kappa shape index (κ1) is 16.9. The van der Waals surface area contributed by atoms with Crippen LogP contribution in [0.25, 0.3) is 5.57 Å². The summed E-state index contributed by atoms with van der Waals surface area (Å²) in [4.78, 5) is 33.6. The van der Waals surface area contributed by atoms with Crippen molar-refractivity contribution in [3.8, 4) is 0 Å². The highest BCUT2D eigenvalue weighted by atomic mass is 16.6. The Kier molecular flexibility index (Phi) is 4.98. The number of hydrogen-bond acceptors (Lipinski definition) is 6. The molecule has 0 atom stereocenters. The van der Waals surface area contributed by atoms with Gasteiger partial charge in [0.15, 0.2) is 11.5 Å². The van der Waals surface area contributed by atoms with E-state index in [2.05, 4.69) is 14.7 Å². The molecule has 7 nitrogen and oxygen atoms in total. The van der Waals surface area contributed by atoms with Crippen LogP contribution in [0.2, 0.25) is 0 Å². The standard InChI is InChI=1S/C16H21N3O4/c1-16(2,3)23-15(21)19-9-6-11(7-10-19)13-17-8-5-12(18-13)14(20)22-4/h5-6,8H,7,9-10H2,1-4H3. The highest BCUT2D eigenvalue weighted by Gasteiger charge is 2.24. The average molecular weight is 319 g/mol. The first-order valence-corrected chi connectivity index (χ1v) is 7.39. The van der Waals surface area contributed by atoms with Crippen LogP contribution >= 0.6 is 0 Å². The number of amides is 1. The first-order chi connectivity index (χ1) is 10.8. The molecule has 23 heavy (non-hydrogen) atoms. The number of carbonyl (C=O) groups is 2. The topological polar surface area (TPSA) is 81.6 Å². The van der Waals surface area contributed by atoms with Gasteiger partial charge in [-0.25, -0.2) is 19.6 Å². The van der Waals surface area contributed by atoms with Crippen LogP contribution in [0.3, 0.4) is 0 Å². The summed E-state index contributed by atoms with van der Waals surface area (Å²) in [5.41, 5.74) is 0.600. The van der Waals surface area contributed by atoms with Crippen LogP contribution in [0.15, 0.2) is 18.3 Å². The van der Waals surface area contributed by atoms with Crippen molar-refractivity contribution in [2.75, 3.05) is 20.2 Å². The van der Waals surface area contributed by atoms with Crippen LogP contribution in [0.4, 0.5) is 4.79 Å². The fourth-order valence-corrected chi connectivity index (χ4v) is 2.10. The molecule has 0 saturated heterocycles. The van der Waals surface area contributed by atoms with Crippen molar-refractivity contribution in [1.29, 1.82) is 0 Å². The molecule has 0 aromatic carbocycles. The van der Waals surface area contributed by atoms with E-state index < -0.39 is 11.6 Å². The molecular formula is C16H21N3O4. The number of aromatic nitrogens is 2. The van der Waals surface area contributed by atoms with Crippen LogP contribution in [0.5, 0.6) is 0 Å². The third-order valence-electron chi connectivity index (χ3n) is 3.20. The Morgan fingerprint density at radius 2 is 2.04 bits per heavy atom. The van der Waals surface area contributed by atoms with Gasteiger partial charge in [-0.15, -0.1) is 0 Å². The monoisotopic (exact) mass is 319 g/mol. The van der Waals surface area contributed by atoms with Gasteiger partial charge >= 0.3 is 12.1 Å². The number of carbonyl (C=O) groups excluding carboxylic acids is 2. The Bertz CT molecular complexity index is 634. The number of nitrogens with zero attached hydrogens (tertiary/aromatic N) is 3. The van der Waals surface area contributed by atoms with Crippen LogP contribution < -0.4 is 0 Å². The molecule has 7 heteroatoms. The fraction of sp³-hybridized carbons (Fsp3) is 0.500. The second-order valence-corrected chi connectivity index (χ2v) is 6.16. The maximum atomic E-state index is 12.0. The molecule has 0 fully saturated rings. The van der Waals surface area contributed by atoms with Crippen molar-refractivity contribution in [3.63, 3.8) is 0 Å². The lowest BCUT2D eigenvalue weighted by Gasteiger charge is -2.29. The predicted octanol–water partition coefficient (Wildman–Crippen LogP) is 2.29. The summed E-state index contributed by atoms with van der Waals surface area (Å²) in [7, 11) is 1.31. The van der Waals surface area contributed by atoms with E-state index in [0.29, 0.717) is 25.3 Å². The summed E-state index contributed by atoms with van der Waals surface area (Å²) < 4.78 is 10.0. The number of rotatable bonds is 2. The van der Waals surface area contributed by atoms with E-state index in [1.165, 1.54) is 19.4 Å². The first-order valence-electron chi connectivity index (χ1n) is 7.39. The summed E-state index contributed by atoms with van der Waals surface area (Å²) >= 11 is 0. The Hall–Kier alpha value is -2.44. The second kappa shape index (κ2) is 6.76. The Morgan fingerprint density at radius 3 is 2.61 bits per heavy atom. The maximum Gasteiger partial charge on any atom is 0.410 e. The summed E-state index contributed by atoms with van der Waals surface area (Å²) in [5, 5.41) is 0. The van der Waals surface area contributed by atoms with E-state index in [0.717, 1.165) is 5.57 Å². The molecule has 1 aromatic heterocycles. The second-order valence-electron chi connectivity index (χ2n) is 6.16. The minimum Gasteiger partial charge on any atom is -0.464 e. The van der Waals surface area contributed by atoms with Gasteiger partial charge in [0.05, 0.1) is 7.11 Å². The van der Waals surface area contributed by atoms with Crippen LogP contribution in [-0.2, 0) is 9.47 Å². The minimum absolute atomic E-state index is 0.216. The number of hydrogen-bond donors (Lipinski definition) is 0. The van der Waals surface area contributed by atoms with E-state index >= 15 is 0 Å². The highest BCUT2D eigenvalue weighted by Crippen LogP contribution is 2.21. The van der Waals surface area contributed by atoms with Crippen molar-refractivity contribution in [3.05, 3.63) is 29.9 Å². The van der Waals surface area contributed by atoms with Gasteiger partial charge in [-0.05, 0) is 38.8 Å². The summed E-state index contributed by atoms with van der Waals surface area (Å²) in [5.74, 6) is -0.0165. The normalized spacial score (nSPS) is 15.0. The van der Waals surface area contributed by atoms with Crippen molar-refractivity contribution in [2.24, 2.45) is 0 Å². The molecule has 0 spiro atoms. The van der Waals surface area contributed by atoms with E-state index in [1.807, 2.05) is 26.8 Å². The van der Waals surface area contributed by atoms with Crippen molar-refractivity contribution < 1.29 is 19.1 Å². The zero-order chi connectivity index (χ0) is 17.0. The largest absolute Gasteiger partial charge is 0.464 e. The zero-order valence-corrected chi connectivity index (χ0v) is 13.8. The molecule has 1 aliphatic heterocycles. The maximum absolute atomic E-state index is 12.0. The van der Waals surface area contributed by atoms with Crippen LogP contribution in [-0.4, -0.2) is 52.7 Å². The fourth-order valence-electron chi connectivity index (χ4n) is 2.10. The van der Waals surface area contributed by atoms with Crippen molar-refractivity contribution >= 4 is 17.6 Å². The van der Waals surface area contributed by atoms with Gasteiger partial charge < -0.3 is 14.4 Å². The summed E-state index contributed by atoms with van der Waals surface area (Å²) in [6.45, 7) is 6.45. The third-order valence-corrected chi connectivity index (χ3v) is 3.20. The molecule has 2 rings (SSSR count). The van der Waals surface area contributed by atoms with Crippen molar-refractivity contribution in [2.45, 2.75) is 32.8 Å². The summed E-state index contributed by atoms with van der Waals surface area (Å²) in [6, 6.07) is 1.51. The van der Waals surface area contributed by atoms with E-state index in [1.54, 1.807) is 4.90 Å². The molecule has 0 aliphatic carbocycles. The third kappa shape index (κ3) is 4.51. The number of methoxy groups -OCH3 is 1. The smallest absolute Gasteiger partial charge is 0.410 e. The molecule has 0 saturated carbocycles. The minimum atomic E-state index is -0.515. The lowest BCUT2D eigenvalue weighted by molar-refractivity contribution is 0.0270. The van der Waals surface area contributed by atoms with Gasteiger partial charge in [-0.2, -0.15) is 0 Å². The van der Waals surface area contributed by atoms with E-state index in [4.69, 9.17) is 4.74 Å². The SMILES string of the molecule is COC(=O)c1ccnc(C2=CCN(C(=O)OC(C)(C)C)CC2)n1. The molecule has 1 aromatic rings. The number of esters is 1. The van der Waals surface area contributed by atoms with Gasteiger partial charge in [0, 0.05) is 19.3 Å². The van der Waals surface area contributed by atoms with Crippen LogP contribution in [0, 0.1) is 0 Å². The Labute approximate surface area is 135 Å². The van der Waals surface area contributed by atoms with E-state index in [-0.39, 0.29) is 11.8 Å². The van der Waals surface area contributed by atoms with E-state index in [9.17, 15) is 9.59 Å². The van der Waals surface area contributed by atoms with Crippen molar-refractivity contribution in [1.82, 2.24) is 14.9 Å². The molecular weight excluding hydrogens is 298 g/mol. The van der Waals surface area contributed by atoms with Gasteiger partial charge in [0.1, 0.15) is 5.60 Å². The number of ether oxygens (including phenoxy) is 2. The highest BCUT2D eigenvalue weighted by molar-refractivity contribution is 5.87.